The van der Waals surface area contributed by atoms with E-state index in [9.17, 15) is 5.11 Å². The van der Waals surface area contributed by atoms with Crippen LogP contribution in [0.4, 0.5) is 5.82 Å². The lowest BCUT2D eigenvalue weighted by molar-refractivity contribution is 0.0701. The molecule has 3 aromatic rings. The molecule has 0 aliphatic carbocycles. The summed E-state index contributed by atoms with van der Waals surface area (Å²) in [5.41, 5.74) is 3.33. The van der Waals surface area contributed by atoms with E-state index in [1.54, 1.807) is 4.68 Å². The Morgan fingerprint density at radius 3 is 2.33 bits per heavy atom. The second kappa shape index (κ2) is 8.16. The molecule has 1 aliphatic heterocycles. The minimum atomic E-state index is -0.132. The first kappa shape index (κ1) is 17.5. The summed E-state index contributed by atoms with van der Waals surface area (Å²) in [5.74, 6) is 0.647. The molecule has 0 spiro atoms. The molecule has 6 heteroatoms. The molecule has 0 unspecified atom stereocenters. The van der Waals surface area contributed by atoms with Crippen LogP contribution in [-0.4, -0.2) is 52.4 Å². The number of benzene rings is 2. The molecule has 1 fully saturated rings. The van der Waals surface area contributed by atoms with Crippen LogP contribution < -0.4 is 0 Å². The number of aromatic nitrogens is 2. The maximum absolute atomic E-state index is 10.1. The van der Waals surface area contributed by atoms with Crippen LogP contribution in [0.1, 0.15) is 5.56 Å². The van der Waals surface area contributed by atoms with Crippen molar-refractivity contribution in [1.82, 2.24) is 14.7 Å². The summed E-state index contributed by atoms with van der Waals surface area (Å²) < 4.78 is 7.19. The molecule has 0 amide bonds. The Hall–Kier alpha value is -2.96. The third-order valence-electron chi connectivity index (χ3n) is 4.55. The van der Waals surface area contributed by atoms with E-state index >= 15 is 0 Å². The molecule has 1 saturated heterocycles. The highest BCUT2D eigenvalue weighted by Crippen LogP contribution is 2.32. The fraction of sp³-hybridized carbons (Fsp3) is 0.238. The molecule has 138 valence electrons. The Balaban J connectivity index is 1.81. The molecule has 1 aliphatic rings. The van der Waals surface area contributed by atoms with E-state index in [0.29, 0.717) is 19.0 Å². The number of morpholine rings is 1. The van der Waals surface area contributed by atoms with Gasteiger partial charge in [-0.2, -0.15) is 5.10 Å². The van der Waals surface area contributed by atoms with Crippen molar-refractivity contribution >= 4 is 12.2 Å². The van der Waals surface area contributed by atoms with E-state index in [2.05, 4.69) is 4.90 Å². The average molecular weight is 362 g/mol. The average Bonchev–Trinajstić information content (AvgIpc) is 3.13. The van der Waals surface area contributed by atoms with Gasteiger partial charge in [-0.1, -0.05) is 48.5 Å². The second-order valence-corrected chi connectivity index (χ2v) is 6.32. The normalized spacial score (nSPS) is 14.8. The van der Waals surface area contributed by atoms with E-state index < -0.39 is 0 Å². The molecule has 0 saturated carbocycles. The van der Waals surface area contributed by atoms with Crippen LogP contribution in [0.25, 0.3) is 16.9 Å². The fourth-order valence-corrected chi connectivity index (χ4v) is 3.13. The van der Waals surface area contributed by atoms with E-state index in [-0.39, 0.29) is 6.61 Å². The summed E-state index contributed by atoms with van der Waals surface area (Å²) >= 11 is 0. The zero-order valence-corrected chi connectivity index (χ0v) is 15.0. The lowest BCUT2D eigenvalue weighted by atomic mass is 10.1. The highest BCUT2D eigenvalue weighted by atomic mass is 16.5. The van der Waals surface area contributed by atoms with Crippen molar-refractivity contribution in [3.63, 3.8) is 0 Å². The van der Waals surface area contributed by atoms with Crippen molar-refractivity contribution in [2.24, 2.45) is 4.99 Å². The van der Waals surface area contributed by atoms with Crippen molar-refractivity contribution in [2.75, 3.05) is 26.3 Å². The van der Waals surface area contributed by atoms with Crippen molar-refractivity contribution < 1.29 is 9.84 Å². The monoisotopic (exact) mass is 362 g/mol. The Morgan fingerprint density at radius 1 is 1.00 bits per heavy atom. The molecule has 1 aromatic heterocycles. The van der Waals surface area contributed by atoms with Gasteiger partial charge in [0.1, 0.15) is 5.69 Å². The molecule has 6 nitrogen and oxygen atoms in total. The highest BCUT2D eigenvalue weighted by Gasteiger charge is 2.19. The smallest absolute Gasteiger partial charge is 0.163 e. The van der Waals surface area contributed by atoms with Crippen LogP contribution in [0.5, 0.6) is 0 Å². The first-order chi connectivity index (χ1) is 13.4. The SMILES string of the molecule is OCc1c(-c2ccccc2)nn(-c2ccccc2)c1N=CN1CCOCC1. The topological polar surface area (TPSA) is 62.9 Å². The van der Waals surface area contributed by atoms with Gasteiger partial charge < -0.3 is 14.7 Å². The molecule has 1 N–H and O–H groups in total. The van der Waals surface area contributed by atoms with Crippen LogP contribution in [0.2, 0.25) is 0 Å². The summed E-state index contributed by atoms with van der Waals surface area (Å²) in [5, 5.41) is 14.9. The molecule has 0 atom stereocenters. The van der Waals surface area contributed by atoms with Gasteiger partial charge in [-0.05, 0) is 12.1 Å². The number of hydrogen-bond acceptors (Lipinski definition) is 4. The maximum atomic E-state index is 10.1. The second-order valence-electron chi connectivity index (χ2n) is 6.32. The number of rotatable bonds is 5. The van der Waals surface area contributed by atoms with Gasteiger partial charge in [0.15, 0.2) is 5.82 Å². The Bertz CT molecular complexity index is 901. The van der Waals surface area contributed by atoms with Crippen LogP contribution in [0, 0.1) is 0 Å². The Morgan fingerprint density at radius 2 is 1.67 bits per heavy atom. The lowest BCUT2D eigenvalue weighted by Crippen LogP contribution is -2.35. The van der Waals surface area contributed by atoms with Gasteiger partial charge in [0.2, 0.25) is 0 Å². The predicted octanol–water partition coefficient (Wildman–Crippen LogP) is 3.02. The Labute approximate surface area is 158 Å². The van der Waals surface area contributed by atoms with Crippen molar-refractivity contribution in [3.05, 3.63) is 66.2 Å². The van der Waals surface area contributed by atoms with Gasteiger partial charge in [0.25, 0.3) is 0 Å². The summed E-state index contributed by atoms with van der Waals surface area (Å²) in [6.07, 6.45) is 1.83. The number of ether oxygens (including phenoxy) is 1. The summed E-state index contributed by atoms with van der Waals surface area (Å²) in [6, 6.07) is 19.7. The zero-order chi connectivity index (χ0) is 18.5. The van der Waals surface area contributed by atoms with Crippen molar-refractivity contribution in [3.8, 4) is 16.9 Å². The van der Waals surface area contributed by atoms with Crippen molar-refractivity contribution in [1.29, 1.82) is 0 Å². The highest BCUT2D eigenvalue weighted by molar-refractivity contribution is 5.72. The maximum Gasteiger partial charge on any atom is 0.163 e. The molecule has 0 radical (unpaired) electrons. The number of aliphatic imine (C=N–C) groups is 1. The first-order valence-corrected chi connectivity index (χ1v) is 9.06. The van der Waals surface area contributed by atoms with Gasteiger partial charge in [-0.15, -0.1) is 0 Å². The number of aliphatic hydroxyl groups excluding tert-OH is 1. The van der Waals surface area contributed by atoms with Crippen LogP contribution in [0.3, 0.4) is 0 Å². The third-order valence-corrected chi connectivity index (χ3v) is 4.55. The van der Waals surface area contributed by atoms with Crippen LogP contribution in [0.15, 0.2) is 65.7 Å². The summed E-state index contributed by atoms with van der Waals surface area (Å²) in [7, 11) is 0. The standard InChI is InChI=1S/C21H22N4O2/c26-15-19-20(17-7-3-1-4-8-17)23-25(18-9-5-2-6-10-18)21(19)22-16-24-11-13-27-14-12-24/h1-10,16,26H,11-15H2. The third kappa shape index (κ3) is 3.77. The molecular weight excluding hydrogens is 340 g/mol. The minimum absolute atomic E-state index is 0.132. The summed E-state index contributed by atoms with van der Waals surface area (Å²) in [4.78, 5) is 6.83. The van der Waals surface area contributed by atoms with Gasteiger partial charge in [0.05, 0.1) is 37.4 Å². The molecule has 4 rings (SSSR count). The number of para-hydroxylation sites is 1. The molecule has 27 heavy (non-hydrogen) atoms. The van der Waals surface area contributed by atoms with Crippen LogP contribution in [-0.2, 0) is 11.3 Å². The molecule has 2 heterocycles. The number of hydrogen-bond donors (Lipinski definition) is 1. The minimum Gasteiger partial charge on any atom is -0.391 e. The van der Waals surface area contributed by atoms with Crippen LogP contribution >= 0.6 is 0 Å². The fourth-order valence-electron chi connectivity index (χ4n) is 3.13. The Kier molecular flexibility index (Phi) is 5.27. The van der Waals surface area contributed by atoms with E-state index in [1.807, 2.05) is 67.0 Å². The quantitative estimate of drug-likeness (QED) is 0.560. The van der Waals surface area contributed by atoms with Gasteiger partial charge in [-0.25, -0.2) is 9.67 Å². The van der Waals surface area contributed by atoms with E-state index in [0.717, 1.165) is 35.6 Å². The number of aliphatic hydroxyl groups is 1. The predicted molar refractivity (Wildman–Crippen MR) is 105 cm³/mol. The van der Waals surface area contributed by atoms with E-state index in [1.165, 1.54) is 0 Å². The molecule has 0 bridgehead atoms. The lowest BCUT2D eigenvalue weighted by Gasteiger charge is -2.24. The van der Waals surface area contributed by atoms with Gasteiger partial charge in [0, 0.05) is 18.7 Å². The van der Waals surface area contributed by atoms with Crippen molar-refractivity contribution in [2.45, 2.75) is 6.61 Å². The number of nitrogens with zero attached hydrogens (tertiary/aromatic N) is 4. The van der Waals surface area contributed by atoms with Gasteiger partial charge >= 0.3 is 0 Å². The summed E-state index contributed by atoms with van der Waals surface area (Å²) in [6.45, 7) is 2.89. The first-order valence-electron chi connectivity index (χ1n) is 9.06. The molecular formula is C21H22N4O2. The molecule has 2 aromatic carbocycles. The van der Waals surface area contributed by atoms with Gasteiger partial charge in [-0.3, -0.25) is 0 Å². The van der Waals surface area contributed by atoms with E-state index in [4.69, 9.17) is 14.8 Å². The largest absolute Gasteiger partial charge is 0.391 e. The zero-order valence-electron chi connectivity index (χ0n) is 15.0.